The lowest BCUT2D eigenvalue weighted by molar-refractivity contribution is -0.143. The summed E-state index contributed by atoms with van der Waals surface area (Å²) in [6, 6.07) is 18.9. The van der Waals surface area contributed by atoms with Gasteiger partial charge < -0.3 is 20.8 Å². The van der Waals surface area contributed by atoms with E-state index in [1.165, 1.54) is 0 Å². The lowest BCUT2D eigenvalue weighted by Crippen LogP contribution is -2.50. The topological polar surface area (TPSA) is 116 Å². The smallest absolute Gasteiger partial charge is 0.326 e. The molecule has 0 aliphatic rings. The van der Waals surface area contributed by atoms with Crippen molar-refractivity contribution in [1.82, 2.24) is 10.6 Å². The van der Waals surface area contributed by atoms with Crippen LogP contribution in [0.25, 0.3) is 0 Å². The predicted octanol–water partition coefficient (Wildman–Crippen LogP) is 3.64. The van der Waals surface area contributed by atoms with E-state index in [-0.39, 0.29) is 16.5 Å². The van der Waals surface area contributed by atoms with Gasteiger partial charge in [0.1, 0.15) is 6.04 Å². The van der Waals surface area contributed by atoms with Gasteiger partial charge in [-0.05, 0) is 35.4 Å². The molecule has 3 rings (SSSR count). The Morgan fingerprint density at radius 1 is 0.794 bits per heavy atom. The zero-order valence-electron chi connectivity index (χ0n) is 17.8. The standard InChI is InChI=1S/C25H22Cl2N2O5/c26-18-12-7-13-19(27)17(18)14-20(25(33)34)28-24(32)22(30)21(15-8-3-1-4-9-15)29-23(31)16-10-5-2-6-11-16/h1-13,20-22,30H,14H2,(H,28,32)(H,29,31)(H,33,34)/t20-,21+,22-/m1/s1. The average Bonchev–Trinajstić information content (AvgIpc) is 2.84. The second-order valence-electron chi connectivity index (χ2n) is 7.48. The Kier molecular flexibility index (Phi) is 8.65. The molecule has 0 aliphatic heterocycles. The lowest BCUT2D eigenvalue weighted by Gasteiger charge is -2.25. The highest BCUT2D eigenvalue weighted by Gasteiger charge is 2.32. The highest BCUT2D eigenvalue weighted by Crippen LogP contribution is 2.26. The first-order chi connectivity index (χ1) is 16.3. The summed E-state index contributed by atoms with van der Waals surface area (Å²) in [5.74, 6) is -2.81. The van der Waals surface area contributed by atoms with E-state index in [1.54, 1.807) is 78.9 Å². The second-order valence-corrected chi connectivity index (χ2v) is 8.29. The third-order valence-electron chi connectivity index (χ3n) is 5.15. The molecule has 0 unspecified atom stereocenters. The van der Waals surface area contributed by atoms with E-state index in [4.69, 9.17) is 23.2 Å². The Balaban J connectivity index is 1.81. The number of carbonyl (C=O) groups is 3. The van der Waals surface area contributed by atoms with E-state index >= 15 is 0 Å². The first-order valence-electron chi connectivity index (χ1n) is 10.3. The largest absolute Gasteiger partial charge is 0.480 e. The third kappa shape index (κ3) is 6.35. The number of halogens is 2. The number of rotatable bonds is 9. The molecule has 0 aliphatic carbocycles. The Morgan fingerprint density at radius 2 is 1.35 bits per heavy atom. The van der Waals surface area contributed by atoms with Gasteiger partial charge in [0.25, 0.3) is 11.8 Å². The zero-order chi connectivity index (χ0) is 24.7. The number of amides is 2. The fourth-order valence-electron chi connectivity index (χ4n) is 3.36. The van der Waals surface area contributed by atoms with Gasteiger partial charge in [0, 0.05) is 22.0 Å². The van der Waals surface area contributed by atoms with Crippen LogP contribution >= 0.6 is 23.2 Å². The molecule has 9 heteroatoms. The van der Waals surface area contributed by atoms with E-state index in [1.807, 2.05) is 0 Å². The van der Waals surface area contributed by atoms with Crippen LogP contribution < -0.4 is 10.6 Å². The van der Waals surface area contributed by atoms with Crippen LogP contribution in [0.1, 0.15) is 27.5 Å². The predicted molar refractivity (Wildman–Crippen MR) is 129 cm³/mol. The highest BCUT2D eigenvalue weighted by molar-refractivity contribution is 6.36. The number of carboxylic acids is 1. The lowest BCUT2D eigenvalue weighted by atomic mass is 9.99. The fraction of sp³-hybridized carbons (Fsp3) is 0.160. The molecule has 3 aromatic carbocycles. The normalized spacial score (nSPS) is 13.4. The minimum absolute atomic E-state index is 0.196. The van der Waals surface area contributed by atoms with Crippen LogP contribution in [0, 0.1) is 0 Å². The van der Waals surface area contributed by atoms with Crippen LogP contribution in [0.2, 0.25) is 10.0 Å². The van der Waals surface area contributed by atoms with Gasteiger partial charge in [-0.15, -0.1) is 0 Å². The molecule has 0 radical (unpaired) electrons. The molecule has 176 valence electrons. The Hall–Kier alpha value is -3.39. The van der Waals surface area contributed by atoms with Crippen LogP contribution in [-0.4, -0.2) is 40.1 Å². The number of nitrogens with one attached hydrogen (secondary N) is 2. The van der Waals surface area contributed by atoms with E-state index < -0.39 is 36.0 Å². The SMILES string of the molecule is O=C(N[C@@H](c1ccccc1)[C@@H](O)C(=O)N[C@H](Cc1c(Cl)cccc1Cl)C(=O)O)c1ccccc1. The van der Waals surface area contributed by atoms with Gasteiger partial charge >= 0.3 is 5.97 Å². The summed E-state index contributed by atoms with van der Waals surface area (Å²) in [4.78, 5) is 37.5. The molecular weight excluding hydrogens is 479 g/mol. The molecule has 4 N–H and O–H groups in total. The van der Waals surface area contributed by atoms with E-state index in [9.17, 15) is 24.6 Å². The summed E-state index contributed by atoms with van der Waals surface area (Å²) in [7, 11) is 0. The maximum atomic E-state index is 12.9. The zero-order valence-corrected chi connectivity index (χ0v) is 19.3. The van der Waals surface area contributed by atoms with Crippen molar-refractivity contribution in [3.05, 3.63) is 106 Å². The Bertz CT molecular complexity index is 1140. The molecule has 34 heavy (non-hydrogen) atoms. The molecule has 0 saturated carbocycles. The summed E-state index contributed by atoms with van der Waals surface area (Å²) in [6.07, 6.45) is -1.97. The van der Waals surface area contributed by atoms with Gasteiger partial charge in [-0.25, -0.2) is 4.79 Å². The maximum absolute atomic E-state index is 12.9. The van der Waals surface area contributed by atoms with Gasteiger partial charge in [-0.2, -0.15) is 0 Å². The Morgan fingerprint density at radius 3 is 1.91 bits per heavy atom. The second kappa shape index (κ2) is 11.7. The van der Waals surface area contributed by atoms with Crippen LogP contribution in [0.15, 0.2) is 78.9 Å². The summed E-state index contributed by atoms with van der Waals surface area (Å²) in [5, 5.41) is 26.0. The van der Waals surface area contributed by atoms with E-state index in [0.717, 1.165) is 0 Å². The number of hydrogen-bond acceptors (Lipinski definition) is 4. The molecule has 0 heterocycles. The van der Waals surface area contributed by atoms with Crippen molar-refractivity contribution in [3.8, 4) is 0 Å². The molecule has 0 fully saturated rings. The maximum Gasteiger partial charge on any atom is 0.326 e. The van der Waals surface area contributed by atoms with Crippen molar-refractivity contribution in [3.63, 3.8) is 0 Å². The third-order valence-corrected chi connectivity index (χ3v) is 5.86. The summed E-state index contributed by atoms with van der Waals surface area (Å²) in [6.45, 7) is 0. The molecule has 3 aromatic rings. The van der Waals surface area contributed by atoms with Crippen molar-refractivity contribution in [2.75, 3.05) is 0 Å². The van der Waals surface area contributed by atoms with Crippen LogP contribution in [-0.2, 0) is 16.0 Å². The van der Waals surface area contributed by atoms with Gasteiger partial charge in [-0.3, -0.25) is 9.59 Å². The number of aliphatic hydroxyl groups excluding tert-OH is 1. The fourth-order valence-corrected chi connectivity index (χ4v) is 3.91. The number of carbonyl (C=O) groups excluding carboxylic acids is 2. The molecule has 7 nitrogen and oxygen atoms in total. The average molecular weight is 501 g/mol. The van der Waals surface area contributed by atoms with E-state index in [0.29, 0.717) is 16.7 Å². The van der Waals surface area contributed by atoms with Gasteiger partial charge in [0.15, 0.2) is 6.10 Å². The molecule has 0 spiro atoms. The minimum atomic E-state index is -1.78. The van der Waals surface area contributed by atoms with Crippen LogP contribution in [0.4, 0.5) is 0 Å². The molecule has 3 atom stereocenters. The monoisotopic (exact) mass is 500 g/mol. The number of benzene rings is 3. The van der Waals surface area contributed by atoms with Gasteiger partial charge in [0.05, 0.1) is 6.04 Å². The van der Waals surface area contributed by atoms with E-state index in [2.05, 4.69) is 10.6 Å². The molecule has 0 saturated heterocycles. The molecule has 2 amide bonds. The first kappa shape index (κ1) is 25.2. The van der Waals surface area contributed by atoms with Crippen LogP contribution in [0.3, 0.4) is 0 Å². The van der Waals surface area contributed by atoms with Crippen molar-refractivity contribution in [2.24, 2.45) is 0 Å². The summed E-state index contributed by atoms with van der Waals surface area (Å²) < 4.78 is 0. The number of hydrogen-bond donors (Lipinski definition) is 4. The summed E-state index contributed by atoms with van der Waals surface area (Å²) in [5.41, 5.74) is 1.16. The molecular formula is C25H22Cl2N2O5. The van der Waals surface area contributed by atoms with Crippen molar-refractivity contribution in [1.29, 1.82) is 0 Å². The number of aliphatic hydroxyl groups is 1. The molecule has 0 bridgehead atoms. The van der Waals surface area contributed by atoms with Crippen molar-refractivity contribution >= 4 is 41.0 Å². The van der Waals surface area contributed by atoms with Crippen LogP contribution in [0.5, 0.6) is 0 Å². The van der Waals surface area contributed by atoms with Gasteiger partial charge in [-0.1, -0.05) is 77.8 Å². The quantitative estimate of drug-likeness (QED) is 0.358. The number of aliphatic carboxylic acids is 1. The number of carboxylic acid groups (broad SMARTS) is 1. The Labute approximate surface area is 206 Å². The highest BCUT2D eigenvalue weighted by atomic mass is 35.5. The molecule has 0 aromatic heterocycles. The first-order valence-corrected chi connectivity index (χ1v) is 11.1. The van der Waals surface area contributed by atoms with Crippen molar-refractivity contribution < 1.29 is 24.6 Å². The summed E-state index contributed by atoms with van der Waals surface area (Å²) >= 11 is 12.3. The minimum Gasteiger partial charge on any atom is -0.480 e. The van der Waals surface area contributed by atoms with Crippen molar-refractivity contribution in [2.45, 2.75) is 24.6 Å². The van der Waals surface area contributed by atoms with Gasteiger partial charge in [0.2, 0.25) is 0 Å².